The van der Waals surface area contributed by atoms with E-state index in [1.807, 2.05) is 0 Å². The van der Waals surface area contributed by atoms with Gasteiger partial charge in [-0.15, -0.1) is 0 Å². The first-order valence-corrected chi connectivity index (χ1v) is 5.46. The van der Waals surface area contributed by atoms with Crippen LogP contribution in [0, 0.1) is 0 Å². The second-order valence-corrected chi connectivity index (χ2v) is 4.11. The number of carbonyl (C=O) groups is 2. The van der Waals surface area contributed by atoms with Crippen LogP contribution < -0.4 is 0 Å². The summed E-state index contributed by atoms with van der Waals surface area (Å²) in [6, 6.07) is 0. The molecule has 0 aliphatic heterocycles. The molecule has 1 aliphatic rings. The van der Waals surface area contributed by atoms with Gasteiger partial charge in [0, 0.05) is 36.0 Å². The number of methoxy groups -OCH3 is 1. The average Bonchev–Trinajstić information content (AvgIpc) is 2.28. The van der Waals surface area contributed by atoms with E-state index in [2.05, 4.69) is 0 Å². The quantitative estimate of drug-likeness (QED) is 0.541. The van der Waals surface area contributed by atoms with Gasteiger partial charge in [0.05, 0.1) is 0 Å². The van der Waals surface area contributed by atoms with Crippen molar-refractivity contribution in [1.82, 2.24) is 0 Å². The van der Waals surface area contributed by atoms with Gasteiger partial charge in [-0.05, 0) is 33.6 Å². The molecule has 0 atom stereocenters. The summed E-state index contributed by atoms with van der Waals surface area (Å²) >= 11 is 0. The fraction of sp³-hybridized carbons (Fsp3) is 0.538. The first kappa shape index (κ1) is 12.8. The molecule has 88 valence electrons. The molecule has 0 heterocycles. The molecular weight excluding hydrogens is 204 g/mol. The summed E-state index contributed by atoms with van der Waals surface area (Å²) in [5, 5.41) is 0. The number of hydrogen-bond donors (Lipinski definition) is 0. The molecular formula is C13H18O3. The van der Waals surface area contributed by atoms with E-state index in [4.69, 9.17) is 4.74 Å². The largest absolute Gasteiger partial charge is 0.385 e. The van der Waals surface area contributed by atoms with Crippen molar-refractivity contribution in [3.05, 3.63) is 22.3 Å². The highest BCUT2D eigenvalue weighted by molar-refractivity contribution is 6.24. The average molecular weight is 222 g/mol. The predicted octanol–water partition coefficient (Wildman–Crippen LogP) is 2.22. The number of ether oxygens (including phenoxy) is 1. The molecule has 0 unspecified atom stereocenters. The third-order valence-corrected chi connectivity index (χ3v) is 3.09. The molecule has 0 amide bonds. The molecule has 0 saturated heterocycles. The van der Waals surface area contributed by atoms with Gasteiger partial charge in [-0.2, -0.15) is 0 Å². The molecule has 0 aromatic heterocycles. The second kappa shape index (κ2) is 5.21. The molecule has 0 spiro atoms. The number of carbonyl (C=O) groups excluding carboxylic acids is 2. The molecule has 0 N–H and O–H groups in total. The van der Waals surface area contributed by atoms with Crippen molar-refractivity contribution in [1.29, 1.82) is 0 Å². The molecule has 0 aromatic rings. The third kappa shape index (κ3) is 2.30. The van der Waals surface area contributed by atoms with Crippen LogP contribution in [0.1, 0.15) is 33.6 Å². The van der Waals surface area contributed by atoms with E-state index in [0.29, 0.717) is 35.3 Å². The minimum atomic E-state index is 0.00418. The highest BCUT2D eigenvalue weighted by Gasteiger charge is 2.26. The van der Waals surface area contributed by atoms with Crippen LogP contribution in [0.5, 0.6) is 0 Å². The van der Waals surface area contributed by atoms with Crippen LogP contribution in [0.2, 0.25) is 0 Å². The summed E-state index contributed by atoms with van der Waals surface area (Å²) in [6.45, 7) is 5.78. The molecule has 3 nitrogen and oxygen atoms in total. The zero-order chi connectivity index (χ0) is 12.3. The molecule has 1 aliphatic carbocycles. The molecule has 0 aromatic carbocycles. The Morgan fingerprint density at radius 1 is 0.938 bits per heavy atom. The van der Waals surface area contributed by atoms with Gasteiger partial charge in [-0.3, -0.25) is 9.59 Å². The van der Waals surface area contributed by atoms with Gasteiger partial charge in [0.2, 0.25) is 0 Å². The zero-order valence-electron chi connectivity index (χ0n) is 10.3. The Morgan fingerprint density at radius 2 is 1.50 bits per heavy atom. The lowest BCUT2D eigenvalue weighted by molar-refractivity contribution is -0.116. The van der Waals surface area contributed by atoms with Gasteiger partial charge in [-0.1, -0.05) is 0 Å². The summed E-state index contributed by atoms with van der Waals surface area (Å²) in [6.07, 6.45) is 1.39. The van der Waals surface area contributed by atoms with Crippen molar-refractivity contribution in [2.24, 2.45) is 0 Å². The topological polar surface area (TPSA) is 43.4 Å². The maximum absolute atomic E-state index is 12.0. The molecule has 0 fully saturated rings. The summed E-state index contributed by atoms with van der Waals surface area (Å²) < 4.78 is 4.95. The van der Waals surface area contributed by atoms with Crippen LogP contribution >= 0.6 is 0 Å². The fourth-order valence-corrected chi connectivity index (χ4v) is 1.85. The third-order valence-electron chi connectivity index (χ3n) is 3.09. The number of allylic oxidation sites excluding steroid dienone is 4. The van der Waals surface area contributed by atoms with Gasteiger partial charge < -0.3 is 4.74 Å². The van der Waals surface area contributed by atoms with E-state index in [9.17, 15) is 9.59 Å². The highest BCUT2D eigenvalue weighted by Crippen LogP contribution is 2.26. The number of ketones is 2. The molecule has 0 saturated carbocycles. The Kier molecular flexibility index (Phi) is 4.19. The summed E-state index contributed by atoms with van der Waals surface area (Å²) in [5.74, 6) is 0.0234. The Morgan fingerprint density at radius 3 is 2.06 bits per heavy atom. The van der Waals surface area contributed by atoms with Gasteiger partial charge in [0.25, 0.3) is 0 Å². The van der Waals surface area contributed by atoms with Crippen molar-refractivity contribution >= 4 is 11.6 Å². The SMILES string of the molecule is COCCCC1=C(C)C(=O)C(C)=C(C)C1=O. The van der Waals surface area contributed by atoms with Gasteiger partial charge in [0.1, 0.15) is 0 Å². The Bertz CT molecular complexity index is 386. The van der Waals surface area contributed by atoms with Crippen molar-refractivity contribution < 1.29 is 14.3 Å². The zero-order valence-corrected chi connectivity index (χ0v) is 10.3. The Labute approximate surface area is 96.2 Å². The fourth-order valence-electron chi connectivity index (χ4n) is 1.85. The second-order valence-electron chi connectivity index (χ2n) is 4.11. The number of rotatable bonds is 4. The summed E-state index contributed by atoms with van der Waals surface area (Å²) in [5.41, 5.74) is 2.43. The number of hydrogen-bond acceptors (Lipinski definition) is 3. The lowest BCUT2D eigenvalue weighted by Crippen LogP contribution is -2.20. The number of Topliss-reactive ketones (excluding diaryl/α,β-unsaturated/α-hetero) is 2. The molecule has 16 heavy (non-hydrogen) atoms. The lowest BCUT2D eigenvalue weighted by Gasteiger charge is -2.18. The standard InChI is InChI=1S/C13H18O3/c1-8-9(2)13(15)11(6-5-7-16-4)10(3)12(8)14/h5-7H2,1-4H3. The van der Waals surface area contributed by atoms with Crippen LogP contribution in [0.4, 0.5) is 0 Å². The maximum Gasteiger partial charge on any atom is 0.185 e. The van der Waals surface area contributed by atoms with E-state index in [1.165, 1.54) is 0 Å². The van der Waals surface area contributed by atoms with Crippen molar-refractivity contribution in [3.8, 4) is 0 Å². The van der Waals surface area contributed by atoms with Crippen LogP contribution in [0.25, 0.3) is 0 Å². The van der Waals surface area contributed by atoms with Crippen LogP contribution in [0.3, 0.4) is 0 Å². The first-order chi connectivity index (χ1) is 7.50. The highest BCUT2D eigenvalue weighted by atomic mass is 16.5. The predicted molar refractivity (Wildman–Crippen MR) is 62.2 cm³/mol. The normalized spacial score (nSPS) is 17.5. The monoisotopic (exact) mass is 222 g/mol. The van der Waals surface area contributed by atoms with Crippen LogP contribution in [0.15, 0.2) is 22.3 Å². The van der Waals surface area contributed by atoms with Gasteiger partial charge >= 0.3 is 0 Å². The van der Waals surface area contributed by atoms with E-state index < -0.39 is 0 Å². The Balaban J connectivity index is 2.91. The lowest BCUT2D eigenvalue weighted by atomic mass is 9.84. The maximum atomic E-state index is 12.0. The molecule has 0 bridgehead atoms. The minimum absolute atomic E-state index is 0.00418. The Hall–Kier alpha value is -1.22. The first-order valence-electron chi connectivity index (χ1n) is 5.46. The molecule has 1 rings (SSSR count). The molecule has 3 heteroatoms. The minimum Gasteiger partial charge on any atom is -0.385 e. The van der Waals surface area contributed by atoms with E-state index in [1.54, 1.807) is 27.9 Å². The van der Waals surface area contributed by atoms with Crippen molar-refractivity contribution in [2.75, 3.05) is 13.7 Å². The van der Waals surface area contributed by atoms with Gasteiger partial charge in [0.15, 0.2) is 11.6 Å². The smallest absolute Gasteiger partial charge is 0.185 e. The van der Waals surface area contributed by atoms with Crippen LogP contribution in [-0.4, -0.2) is 25.3 Å². The summed E-state index contributed by atoms with van der Waals surface area (Å²) in [4.78, 5) is 23.8. The molecule has 0 radical (unpaired) electrons. The van der Waals surface area contributed by atoms with E-state index in [-0.39, 0.29) is 11.6 Å². The van der Waals surface area contributed by atoms with E-state index in [0.717, 1.165) is 6.42 Å². The van der Waals surface area contributed by atoms with Gasteiger partial charge in [-0.25, -0.2) is 0 Å². The summed E-state index contributed by atoms with van der Waals surface area (Å²) in [7, 11) is 1.63. The van der Waals surface area contributed by atoms with E-state index >= 15 is 0 Å². The van der Waals surface area contributed by atoms with Crippen LogP contribution in [-0.2, 0) is 14.3 Å². The van der Waals surface area contributed by atoms with Crippen molar-refractivity contribution in [2.45, 2.75) is 33.6 Å². The van der Waals surface area contributed by atoms with Crippen molar-refractivity contribution in [3.63, 3.8) is 0 Å².